The van der Waals surface area contributed by atoms with Crippen molar-refractivity contribution in [2.24, 2.45) is 5.92 Å². The van der Waals surface area contributed by atoms with E-state index in [-0.39, 0.29) is 23.8 Å². The van der Waals surface area contributed by atoms with Crippen molar-refractivity contribution in [1.82, 2.24) is 5.32 Å². The van der Waals surface area contributed by atoms with Gasteiger partial charge in [-0.25, -0.2) is 0 Å². The Morgan fingerprint density at radius 2 is 1.84 bits per heavy atom. The average Bonchev–Trinajstić information content (AvgIpc) is 2.79. The van der Waals surface area contributed by atoms with E-state index < -0.39 is 0 Å². The van der Waals surface area contributed by atoms with Gasteiger partial charge in [0.05, 0.1) is 12.0 Å². The van der Waals surface area contributed by atoms with Gasteiger partial charge >= 0.3 is 0 Å². The lowest BCUT2D eigenvalue weighted by Crippen LogP contribution is -2.38. The zero-order valence-corrected chi connectivity index (χ0v) is 17.9. The summed E-state index contributed by atoms with van der Waals surface area (Å²) in [6, 6.07) is 22.0. The second kappa shape index (κ2) is 9.23. The van der Waals surface area contributed by atoms with Crippen LogP contribution >= 0.6 is 11.6 Å². The van der Waals surface area contributed by atoms with Gasteiger partial charge in [0.15, 0.2) is 0 Å². The fourth-order valence-electron chi connectivity index (χ4n) is 3.63. The van der Waals surface area contributed by atoms with Gasteiger partial charge in [-0.15, -0.1) is 0 Å². The van der Waals surface area contributed by atoms with Crippen LogP contribution in [0.5, 0.6) is 5.75 Å². The van der Waals surface area contributed by atoms with Gasteiger partial charge in [0.1, 0.15) is 12.4 Å². The SMILES string of the molecule is C[C@@H](NC(=O)[C@H]1COc2ccc(NC(=O)c3cccc(Cl)c3)cc2C1)c1ccccc1. The van der Waals surface area contributed by atoms with Gasteiger partial charge in [-0.05, 0) is 60.9 Å². The maximum Gasteiger partial charge on any atom is 0.255 e. The van der Waals surface area contributed by atoms with Crippen LogP contribution in [0.15, 0.2) is 72.8 Å². The molecule has 0 bridgehead atoms. The molecule has 31 heavy (non-hydrogen) atoms. The van der Waals surface area contributed by atoms with Crippen molar-refractivity contribution < 1.29 is 14.3 Å². The Bertz CT molecular complexity index is 1100. The number of anilines is 1. The maximum absolute atomic E-state index is 12.8. The monoisotopic (exact) mass is 434 g/mol. The molecule has 2 amide bonds. The van der Waals surface area contributed by atoms with Crippen molar-refractivity contribution in [2.45, 2.75) is 19.4 Å². The Morgan fingerprint density at radius 3 is 2.61 bits per heavy atom. The molecule has 0 saturated carbocycles. The second-order valence-corrected chi connectivity index (χ2v) is 8.08. The van der Waals surface area contributed by atoms with Crippen molar-refractivity contribution in [1.29, 1.82) is 0 Å². The number of benzene rings is 3. The van der Waals surface area contributed by atoms with Gasteiger partial charge < -0.3 is 15.4 Å². The lowest BCUT2D eigenvalue weighted by atomic mass is 9.95. The third-order valence-corrected chi connectivity index (χ3v) is 5.58. The third-order valence-electron chi connectivity index (χ3n) is 5.34. The summed E-state index contributed by atoms with van der Waals surface area (Å²) >= 11 is 5.97. The zero-order valence-electron chi connectivity index (χ0n) is 17.1. The molecule has 1 aliphatic rings. The Morgan fingerprint density at radius 1 is 1.03 bits per heavy atom. The summed E-state index contributed by atoms with van der Waals surface area (Å²) in [7, 11) is 0. The van der Waals surface area contributed by atoms with Crippen molar-refractivity contribution in [3.05, 3.63) is 94.5 Å². The molecule has 2 N–H and O–H groups in total. The average molecular weight is 435 g/mol. The summed E-state index contributed by atoms with van der Waals surface area (Å²) < 4.78 is 5.81. The molecule has 1 aliphatic heterocycles. The molecule has 0 saturated heterocycles. The summed E-state index contributed by atoms with van der Waals surface area (Å²) in [6.07, 6.45) is 0.545. The Kier molecular flexibility index (Phi) is 6.23. The molecule has 0 unspecified atom stereocenters. The molecule has 0 aromatic heterocycles. The van der Waals surface area contributed by atoms with Gasteiger partial charge in [-0.2, -0.15) is 0 Å². The molecule has 4 rings (SSSR count). The van der Waals surface area contributed by atoms with Crippen molar-refractivity contribution >= 4 is 29.1 Å². The van der Waals surface area contributed by atoms with Gasteiger partial charge in [0.25, 0.3) is 5.91 Å². The van der Waals surface area contributed by atoms with Crippen LogP contribution in [0.4, 0.5) is 5.69 Å². The summed E-state index contributed by atoms with van der Waals surface area (Å²) in [6.45, 7) is 2.29. The number of hydrogen-bond acceptors (Lipinski definition) is 3. The Labute approximate surface area is 186 Å². The molecule has 3 aromatic rings. The fraction of sp³-hybridized carbons (Fsp3) is 0.200. The molecule has 6 heteroatoms. The molecule has 0 radical (unpaired) electrons. The number of hydrogen-bond donors (Lipinski definition) is 2. The van der Waals surface area contributed by atoms with Crippen LogP contribution < -0.4 is 15.4 Å². The zero-order chi connectivity index (χ0) is 21.8. The van der Waals surface area contributed by atoms with E-state index in [9.17, 15) is 9.59 Å². The summed E-state index contributed by atoms with van der Waals surface area (Å²) in [5.41, 5.74) is 3.07. The summed E-state index contributed by atoms with van der Waals surface area (Å²) in [5.74, 6) is 0.152. The number of halogens is 1. The topological polar surface area (TPSA) is 67.4 Å². The van der Waals surface area contributed by atoms with Crippen LogP contribution in [0.3, 0.4) is 0 Å². The minimum atomic E-state index is -0.294. The van der Waals surface area contributed by atoms with E-state index in [0.717, 1.165) is 16.9 Å². The number of nitrogens with one attached hydrogen (secondary N) is 2. The van der Waals surface area contributed by atoms with Gasteiger partial charge in [-0.1, -0.05) is 48.0 Å². The largest absolute Gasteiger partial charge is 0.492 e. The van der Waals surface area contributed by atoms with Crippen LogP contribution in [0.25, 0.3) is 0 Å². The van der Waals surface area contributed by atoms with Gasteiger partial charge in [0, 0.05) is 16.3 Å². The Balaban J connectivity index is 1.42. The highest BCUT2D eigenvalue weighted by atomic mass is 35.5. The molecule has 2 atom stereocenters. The Hall–Kier alpha value is -3.31. The number of rotatable bonds is 5. The number of ether oxygens (including phenoxy) is 1. The summed E-state index contributed by atoms with van der Waals surface area (Å²) in [4.78, 5) is 25.3. The number of carbonyl (C=O) groups excluding carboxylic acids is 2. The quantitative estimate of drug-likeness (QED) is 0.592. The molecule has 5 nitrogen and oxygen atoms in total. The van der Waals surface area contributed by atoms with Gasteiger partial charge in [0.2, 0.25) is 5.91 Å². The van der Waals surface area contributed by atoms with E-state index in [0.29, 0.717) is 29.3 Å². The summed E-state index contributed by atoms with van der Waals surface area (Å²) in [5, 5.41) is 6.45. The van der Waals surface area contributed by atoms with E-state index >= 15 is 0 Å². The minimum Gasteiger partial charge on any atom is -0.492 e. The molecule has 0 spiro atoms. The van der Waals surface area contributed by atoms with Crippen molar-refractivity contribution in [2.75, 3.05) is 11.9 Å². The lowest BCUT2D eigenvalue weighted by Gasteiger charge is -2.26. The van der Waals surface area contributed by atoms with E-state index in [4.69, 9.17) is 16.3 Å². The van der Waals surface area contributed by atoms with Crippen LogP contribution in [0.1, 0.15) is 34.5 Å². The van der Waals surface area contributed by atoms with Crippen LogP contribution in [0, 0.1) is 5.92 Å². The van der Waals surface area contributed by atoms with E-state index in [1.54, 1.807) is 30.3 Å². The number of carbonyl (C=O) groups is 2. The van der Waals surface area contributed by atoms with Gasteiger partial charge in [-0.3, -0.25) is 9.59 Å². The molecule has 3 aromatic carbocycles. The van der Waals surface area contributed by atoms with E-state index in [2.05, 4.69) is 10.6 Å². The maximum atomic E-state index is 12.8. The molecule has 0 aliphatic carbocycles. The highest BCUT2D eigenvalue weighted by Crippen LogP contribution is 2.30. The molecular weight excluding hydrogens is 412 g/mol. The molecular formula is C25H23ClN2O3. The van der Waals surface area contributed by atoms with Crippen LogP contribution in [-0.2, 0) is 11.2 Å². The fourth-order valence-corrected chi connectivity index (χ4v) is 3.82. The highest BCUT2D eigenvalue weighted by Gasteiger charge is 2.27. The normalized spacial score (nSPS) is 15.9. The van der Waals surface area contributed by atoms with Crippen LogP contribution in [-0.4, -0.2) is 18.4 Å². The first-order valence-electron chi connectivity index (χ1n) is 10.2. The first-order valence-corrected chi connectivity index (χ1v) is 10.6. The number of amides is 2. The first kappa shape index (κ1) is 20.9. The van der Waals surface area contributed by atoms with Crippen molar-refractivity contribution in [3.8, 4) is 5.75 Å². The molecule has 0 fully saturated rings. The minimum absolute atomic E-state index is 0.0460. The first-order chi connectivity index (χ1) is 15.0. The molecule has 1 heterocycles. The predicted octanol–water partition coefficient (Wildman–Crippen LogP) is 5.02. The number of fused-ring (bicyclic) bond motifs is 1. The van der Waals surface area contributed by atoms with Crippen molar-refractivity contribution in [3.63, 3.8) is 0 Å². The third kappa shape index (κ3) is 5.06. The standard InChI is InChI=1S/C25H23ClN2O3/c1-16(17-6-3-2-4-7-17)27-25(30)20-12-19-14-22(10-11-23(19)31-15-20)28-24(29)18-8-5-9-21(26)13-18/h2-11,13-14,16,20H,12,15H2,1H3,(H,27,30)(H,28,29)/t16-,20-/m1/s1. The predicted molar refractivity (Wildman–Crippen MR) is 122 cm³/mol. The lowest BCUT2D eigenvalue weighted by molar-refractivity contribution is -0.126. The van der Waals surface area contributed by atoms with E-state index in [1.807, 2.05) is 49.4 Å². The van der Waals surface area contributed by atoms with E-state index in [1.165, 1.54) is 0 Å². The molecule has 158 valence electrons. The smallest absolute Gasteiger partial charge is 0.255 e. The second-order valence-electron chi connectivity index (χ2n) is 7.64. The van der Waals surface area contributed by atoms with Crippen LogP contribution in [0.2, 0.25) is 5.02 Å². The highest BCUT2D eigenvalue weighted by molar-refractivity contribution is 6.31.